The van der Waals surface area contributed by atoms with Gasteiger partial charge in [-0.3, -0.25) is 14.4 Å². The molecule has 0 aromatic carbocycles. The zero-order valence-corrected chi connectivity index (χ0v) is 50.8. The van der Waals surface area contributed by atoms with Gasteiger partial charge in [-0.1, -0.05) is 306 Å². The number of ether oxygens (including phenoxy) is 3. The number of hydrogen-bond acceptors (Lipinski definition) is 6. The van der Waals surface area contributed by atoms with Crippen LogP contribution in [0.2, 0.25) is 0 Å². The van der Waals surface area contributed by atoms with Crippen molar-refractivity contribution in [2.24, 2.45) is 0 Å². The molecule has 0 fully saturated rings. The molecule has 442 valence electrons. The molecule has 0 spiro atoms. The van der Waals surface area contributed by atoms with E-state index in [1.165, 1.54) is 212 Å². The second kappa shape index (κ2) is 64.6. The third kappa shape index (κ3) is 62.0. The van der Waals surface area contributed by atoms with Gasteiger partial charge in [-0.15, -0.1) is 0 Å². The van der Waals surface area contributed by atoms with Gasteiger partial charge in [0.1, 0.15) is 13.2 Å². The van der Waals surface area contributed by atoms with E-state index in [1.807, 2.05) is 0 Å². The molecule has 0 aliphatic heterocycles. The number of unbranched alkanes of at least 4 members (excludes halogenated alkanes) is 40. The van der Waals surface area contributed by atoms with E-state index < -0.39 is 6.10 Å². The molecule has 1 unspecified atom stereocenters. The Kier molecular flexibility index (Phi) is 62.2. The number of carbonyl (C=O) groups is 3. The Morgan fingerprint density at radius 3 is 0.816 bits per heavy atom. The largest absolute Gasteiger partial charge is 0.462 e. The first-order valence-corrected chi connectivity index (χ1v) is 33.3. The smallest absolute Gasteiger partial charge is 0.306 e. The zero-order chi connectivity index (χ0) is 55.0. The molecule has 0 saturated heterocycles. The number of carbonyl (C=O) groups excluding carboxylic acids is 3. The van der Waals surface area contributed by atoms with E-state index >= 15 is 0 Å². The van der Waals surface area contributed by atoms with Crippen LogP contribution < -0.4 is 0 Å². The van der Waals surface area contributed by atoms with Crippen LogP contribution in [0, 0.1) is 0 Å². The number of rotatable bonds is 61. The Morgan fingerprint density at radius 2 is 0.513 bits per heavy atom. The monoisotopic (exact) mass is 1060 g/mol. The zero-order valence-electron chi connectivity index (χ0n) is 50.8. The Morgan fingerprint density at radius 1 is 0.276 bits per heavy atom. The van der Waals surface area contributed by atoms with Gasteiger partial charge in [-0.2, -0.15) is 0 Å². The lowest BCUT2D eigenvalue weighted by Gasteiger charge is -2.18. The fourth-order valence-corrected chi connectivity index (χ4v) is 9.79. The Hall–Kier alpha value is -2.89. The van der Waals surface area contributed by atoms with Gasteiger partial charge >= 0.3 is 17.9 Å². The van der Waals surface area contributed by atoms with Crippen molar-refractivity contribution in [3.05, 3.63) is 60.8 Å². The summed E-state index contributed by atoms with van der Waals surface area (Å²) >= 11 is 0. The first kappa shape index (κ1) is 73.1. The van der Waals surface area contributed by atoms with Gasteiger partial charge in [-0.05, 0) is 83.5 Å². The van der Waals surface area contributed by atoms with Gasteiger partial charge in [0, 0.05) is 19.3 Å². The van der Waals surface area contributed by atoms with E-state index in [0.717, 1.165) is 96.3 Å². The molecule has 0 heterocycles. The van der Waals surface area contributed by atoms with Gasteiger partial charge < -0.3 is 14.2 Å². The highest BCUT2D eigenvalue weighted by atomic mass is 16.6. The molecule has 1 atom stereocenters. The topological polar surface area (TPSA) is 78.9 Å². The van der Waals surface area contributed by atoms with Crippen molar-refractivity contribution in [2.45, 2.75) is 354 Å². The van der Waals surface area contributed by atoms with Crippen LogP contribution in [0.4, 0.5) is 0 Å². The quantitative estimate of drug-likeness (QED) is 0.0261. The first-order valence-electron chi connectivity index (χ1n) is 33.3. The van der Waals surface area contributed by atoms with Crippen LogP contribution in [0.3, 0.4) is 0 Å². The van der Waals surface area contributed by atoms with E-state index in [1.54, 1.807) is 0 Å². The van der Waals surface area contributed by atoms with Crippen molar-refractivity contribution in [1.82, 2.24) is 0 Å². The number of allylic oxidation sites excluding steroid dienone is 10. The van der Waals surface area contributed by atoms with Crippen LogP contribution in [0.1, 0.15) is 348 Å². The SMILES string of the molecule is CC/C=C\C/C=C\C/C=C\C/C=C\CCCCCCC(=O)OC(COC(=O)CCCCCCCCCC)COC(=O)CCCCCCCCCCCCCCCCCCCCCCC/C=C\CCCCCCCCCC. The lowest BCUT2D eigenvalue weighted by molar-refractivity contribution is -0.167. The molecule has 0 radical (unpaired) electrons. The average Bonchev–Trinajstić information content (AvgIpc) is 3.42. The van der Waals surface area contributed by atoms with E-state index in [4.69, 9.17) is 14.2 Å². The Labute approximate surface area is 472 Å². The summed E-state index contributed by atoms with van der Waals surface area (Å²) < 4.78 is 16.8. The molecule has 0 aromatic heterocycles. The lowest BCUT2D eigenvalue weighted by atomic mass is 10.0. The molecule has 0 aliphatic carbocycles. The Balaban J connectivity index is 4.02. The molecule has 0 saturated carbocycles. The third-order valence-corrected chi connectivity index (χ3v) is 14.8. The standard InChI is InChI=1S/C70H126O6/c1-4-7-10-13-16-19-21-23-25-27-28-29-30-31-32-33-34-35-36-37-38-39-40-41-42-44-45-47-49-51-54-57-60-63-69(72)75-66-67(65-74-68(71)62-59-56-53-18-15-12-9-6-3)76-70(73)64-61-58-55-52-50-48-46-43-26-24-22-20-17-14-11-8-5-2/h8,11,17,20,24,26-28,46,48,67H,4-7,9-10,12-16,18-19,21-23,25,29-45,47,49-66H2,1-3H3/b11-8-,20-17-,26-24-,28-27-,48-46-. The van der Waals surface area contributed by atoms with Gasteiger partial charge in [-0.25, -0.2) is 0 Å². The van der Waals surface area contributed by atoms with Crippen molar-refractivity contribution >= 4 is 17.9 Å². The summed E-state index contributed by atoms with van der Waals surface area (Å²) in [5.74, 6) is -0.893. The molecular weight excluding hydrogens is 937 g/mol. The molecular formula is C70H126O6. The normalized spacial score (nSPS) is 12.4. The van der Waals surface area contributed by atoms with Crippen molar-refractivity contribution in [3.63, 3.8) is 0 Å². The summed E-state index contributed by atoms with van der Waals surface area (Å²) in [5, 5.41) is 0. The predicted molar refractivity (Wildman–Crippen MR) is 330 cm³/mol. The maximum Gasteiger partial charge on any atom is 0.306 e. The highest BCUT2D eigenvalue weighted by molar-refractivity contribution is 5.71. The average molecular weight is 1060 g/mol. The molecule has 6 nitrogen and oxygen atoms in total. The van der Waals surface area contributed by atoms with Crippen molar-refractivity contribution < 1.29 is 28.6 Å². The second-order valence-corrected chi connectivity index (χ2v) is 22.4. The minimum Gasteiger partial charge on any atom is -0.462 e. The van der Waals surface area contributed by atoms with Gasteiger partial charge in [0.05, 0.1) is 0 Å². The predicted octanol–water partition coefficient (Wildman–Crippen LogP) is 22.7. The Bertz CT molecular complexity index is 1360. The summed E-state index contributed by atoms with van der Waals surface area (Å²) in [6.07, 6.45) is 82.8. The lowest BCUT2D eigenvalue weighted by Crippen LogP contribution is -2.30. The highest BCUT2D eigenvalue weighted by Crippen LogP contribution is 2.18. The van der Waals surface area contributed by atoms with Crippen LogP contribution in [0.25, 0.3) is 0 Å². The molecule has 0 aromatic rings. The first-order chi connectivity index (χ1) is 37.5. The van der Waals surface area contributed by atoms with Crippen LogP contribution in [-0.4, -0.2) is 37.2 Å². The van der Waals surface area contributed by atoms with Crippen molar-refractivity contribution in [2.75, 3.05) is 13.2 Å². The number of esters is 3. The van der Waals surface area contributed by atoms with E-state index in [9.17, 15) is 14.4 Å². The molecule has 0 rings (SSSR count). The van der Waals surface area contributed by atoms with Gasteiger partial charge in [0.15, 0.2) is 6.10 Å². The van der Waals surface area contributed by atoms with Crippen LogP contribution in [0.5, 0.6) is 0 Å². The minimum atomic E-state index is -0.783. The highest BCUT2D eigenvalue weighted by Gasteiger charge is 2.19. The second-order valence-electron chi connectivity index (χ2n) is 22.4. The molecule has 0 bridgehead atoms. The van der Waals surface area contributed by atoms with Crippen LogP contribution in [0.15, 0.2) is 60.8 Å². The van der Waals surface area contributed by atoms with Gasteiger partial charge in [0.25, 0.3) is 0 Å². The maximum absolute atomic E-state index is 12.8. The molecule has 0 aliphatic rings. The van der Waals surface area contributed by atoms with E-state index in [-0.39, 0.29) is 31.1 Å². The minimum absolute atomic E-state index is 0.0806. The third-order valence-electron chi connectivity index (χ3n) is 14.8. The molecule has 0 amide bonds. The molecule has 6 heteroatoms. The van der Waals surface area contributed by atoms with E-state index in [0.29, 0.717) is 19.3 Å². The summed E-state index contributed by atoms with van der Waals surface area (Å²) in [7, 11) is 0. The summed E-state index contributed by atoms with van der Waals surface area (Å²) in [6, 6.07) is 0. The van der Waals surface area contributed by atoms with Gasteiger partial charge in [0.2, 0.25) is 0 Å². The molecule has 0 N–H and O–H groups in total. The summed E-state index contributed by atoms with van der Waals surface area (Å²) in [4.78, 5) is 38.1. The van der Waals surface area contributed by atoms with Crippen LogP contribution >= 0.6 is 0 Å². The maximum atomic E-state index is 12.8. The number of hydrogen-bond donors (Lipinski definition) is 0. The van der Waals surface area contributed by atoms with Crippen molar-refractivity contribution in [3.8, 4) is 0 Å². The summed E-state index contributed by atoms with van der Waals surface area (Å²) in [5.41, 5.74) is 0. The van der Waals surface area contributed by atoms with E-state index in [2.05, 4.69) is 81.5 Å². The fourth-order valence-electron chi connectivity index (χ4n) is 9.79. The van der Waals surface area contributed by atoms with Crippen LogP contribution in [-0.2, 0) is 28.6 Å². The molecule has 76 heavy (non-hydrogen) atoms. The van der Waals surface area contributed by atoms with Crippen molar-refractivity contribution in [1.29, 1.82) is 0 Å². The summed E-state index contributed by atoms with van der Waals surface area (Å²) in [6.45, 7) is 6.51. The fraction of sp³-hybridized carbons (Fsp3) is 0.814.